The zero-order valence-electron chi connectivity index (χ0n) is 19.5. The summed E-state index contributed by atoms with van der Waals surface area (Å²) in [5.41, 5.74) is 0.966. The third kappa shape index (κ3) is 4.49. The Balaban J connectivity index is 1.40. The normalized spacial score (nSPS) is 22.1. The average molecular weight is 471 g/mol. The van der Waals surface area contributed by atoms with Crippen LogP contribution in [0.5, 0.6) is 0 Å². The lowest BCUT2D eigenvalue weighted by atomic mass is 10.1. The molecule has 0 radical (unpaired) electrons. The van der Waals surface area contributed by atoms with Gasteiger partial charge in [0.25, 0.3) is 0 Å². The monoisotopic (exact) mass is 470 g/mol. The Morgan fingerprint density at radius 3 is 2.56 bits per heavy atom. The lowest BCUT2D eigenvalue weighted by Crippen LogP contribution is -2.45. The maximum absolute atomic E-state index is 14.0. The summed E-state index contributed by atoms with van der Waals surface area (Å²) >= 11 is 0. The largest absolute Gasteiger partial charge is 0.393 e. The lowest BCUT2D eigenvalue weighted by Gasteiger charge is -2.32. The molecule has 2 aliphatic heterocycles. The lowest BCUT2D eigenvalue weighted by molar-refractivity contribution is 0.0612. The van der Waals surface area contributed by atoms with Gasteiger partial charge in [-0.25, -0.2) is 14.4 Å². The topological polar surface area (TPSA) is 115 Å². The molecule has 182 valence electrons. The van der Waals surface area contributed by atoms with E-state index >= 15 is 0 Å². The molecular formula is C23H31FN8O2. The summed E-state index contributed by atoms with van der Waals surface area (Å²) in [5, 5.41) is 28.6. The van der Waals surface area contributed by atoms with E-state index in [2.05, 4.69) is 39.0 Å². The van der Waals surface area contributed by atoms with Crippen LogP contribution in [0.2, 0.25) is 0 Å². The van der Waals surface area contributed by atoms with Crippen molar-refractivity contribution in [3.05, 3.63) is 24.5 Å². The highest BCUT2D eigenvalue weighted by atomic mass is 19.1. The number of aliphatic hydroxyl groups is 2. The number of halogens is 1. The van der Waals surface area contributed by atoms with E-state index in [9.17, 15) is 14.6 Å². The molecule has 5 heterocycles. The number of nitrogens with one attached hydrogen (secondary N) is 1. The number of hydrogen-bond acceptors (Lipinski definition) is 9. The van der Waals surface area contributed by atoms with Crippen molar-refractivity contribution in [2.24, 2.45) is 0 Å². The molecule has 3 aromatic rings. The molecule has 2 aliphatic rings. The van der Waals surface area contributed by atoms with E-state index in [4.69, 9.17) is 5.10 Å². The molecule has 2 atom stereocenters. The number of anilines is 4. The standard InChI is InChI=1S/C23H31FN8O2/c1-14(2)32-18-11-21(26-12-16(18)22(29-32)30-8-4-15(33)5-9-30)27-20-3-7-25-23(28-20)31-10-6-19(34)17(24)13-31/h3,7,11-12,14-15,17,19,33-34H,4-6,8-10,13H2,1-2H3,(H,25,26,27,28). The number of pyridine rings is 1. The molecule has 2 fully saturated rings. The first-order chi connectivity index (χ1) is 16.4. The molecular weight excluding hydrogens is 439 g/mol. The first-order valence-corrected chi connectivity index (χ1v) is 11.9. The highest BCUT2D eigenvalue weighted by Crippen LogP contribution is 2.31. The van der Waals surface area contributed by atoms with Gasteiger partial charge in [0, 0.05) is 44.1 Å². The molecule has 0 amide bonds. The Labute approximate surface area is 197 Å². The number of aliphatic hydroxyl groups excluding tert-OH is 2. The first kappa shape index (κ1) is 22.7. The van der Waals surface area contributed by atoms with Crippen molar-refractivity contribution in [2.45, 2.75) is 57.5 Å². The third-order valence-electron chi connectivity index (χ3n) is 6.51. The van der Waals surface area contributed by atoms with Gasteiger partial charge in [-0.05, 0) is 39.2 Å². The first-order valence-electron chi connectivity index (χ1n) is 11.9. The van der Waals surface area contributed by atoms with Gasteiger partial charge in [-0.1, -0.05) is 0 Å². The van der Waals surface area contributed by atoms with Crippen molar-refractivity contribution in [3.63, 3.8) is 0 Å². The summed E-state index contributed by atoms with van der Waals surface area (Å²) in [6.45, 7) is 6.28. The highest BCUT2D eigenvalue weighted by Gasteiger charge is 2.29. The third-order valence-corrected chi connectivity index (χ3v) is 6.51. The van der Waals surface area contributed by atoms with Gasteiger partial charge in [0.15, 0.2) is 5.82 Å². The van der Waals surface area contributed by atoms with Gasteiger partial charge >= 0.3 is 0 Å². The van der Waals surface area contributed by atoms with Gasteiger partial charge < -0.3 is 25.3 Å². The predicted molar refractivity (Wildman–Crippen MR) is 128 cm³/mol. The molecule has 2 saturated heterocycles. The summed E-state index contributed by atoms with van der Waals surface area (Å²) in [7, 11) is 0. The van der Waals surface area contributed by atoms with Crippen molar-refractivity contribution in [2.75, 3.05) is 41.3 Å². The number of rotatable bonds is 5. The van der Waals surface area contributed by atoms with Crippen LogP contribution in [0.15, 0.2) is 24.5 Å². The Bertz CT molecular complexity index is 1150. The molecule has 11 heteroatoms. The second-order valence-corrected chi connectivity index (χ2v) is 9.35. The van der Waals surface area contributed by atoms with Gasteiger partial charge in [-0.3, -0.25) is 4.68 Å². The van der Waals surface area contributed by atoms with E-state index in [1.807, 2.05) is 16.9 Å². The fourth-order valence-corrected chi connectivity index (χ4v) is 4.57. The average Bonchev–Trinajstić information content (AvgIpc) is 3.21. The van der Waals surface area contributed by atoms with Crippen LogP contribution in [0.3, 0.4) is 0 Å². The van der Waals surface area contributed by atoms with Crippen molar-refractivity contribution in [1.82, 2.24) is 24.7 Å². The van der Waals surface area contributed by atoms with Crippen molar-refractivity contribution < 1.29 is 14.6 Å². The number of fused-ring (bicyclic) bond motifs is 1. The second kappa shape index (κ2) is 9.30. The SMILES string of the molecule is CC(C)n1nc(N2CCC(O)CC2)c2cnc(Nc3ccnc(N4CCC(O)C(F)C4)n3)cc21. The maximum Gasteiger partial charge on any atom is 0.227 e. The van der Waals surface area contributed by atoms with Gasteiger partial charge in [0.05, 0.1) is 29.7 Å². The van der Waals surface area contributed by atoms with E-state index in [0.29, 0.717) is 30.5 Å². The Hall–Kier alpha value is -3.05. The van der Waals surface area contributed by atoms with E-state index in [-0.39, 0.29) is 18.7 Å². The molecule has 0 bridgehead atoms. The highest BCUT2D eigenvalue weighted by molar-refractivity contribution is 5.92. The molecule has 34 heavy (non-hydrogen) atoms. The number of hydrogen-bond donors (Lipinski definition) is 3. The minimum Gasteiger partial charge on any atom is -0.393 e. The summed E-state index contributed by atoms with van der Waals surface area (Å²) in [6.07, 6.45) is 2.78. The van der Waals surface area contributed by atoms with Gasteiger partial charge in [0.2, 0.25) is 5.95 Å². The maximum atomic E-state index is 14.0. The molecule has 0 aromatic carbocycles. The number of nitrogens with zero attached hydrogens (tertiary/aromatic N) is 7. The van der Waals surface area contributed by atoms with Crippen molar-refractivity contribution >= 4 is 34.3 Å². The van der Waals surface area contributed by atoms with Crippen LogP contribution in [0, 0.1) is 0 Å². The molecule has 0 aliphatic carbocycles. The van der Waals surface area contributed by atoms with Crippen LogP contribution in [0.25, 0.3) is 10.9 Å². The fraction of sp³-hybridized carbons (Fsp3) is 0.565. The molecule has 0 saturated carbocycles. The van der Waals surface area contributed by atoms with E-state index in [1.54, 1.807) is 17.2 Å². The fourth-order valence-electron chi connectivity index (χ4n) is 4.57. The molecule has 0 spiro atoms. The molecule has 3 N–H and O–H groups in total. The van der Waals surface area contributed by atoms with Crippen LogP contribution in [-0.4, -0.2) is 79.5 Å². The Kier molecular flexibility index (Phi) is 6.22. The molecule has 3 aromatic heterocycles. The predicted octanol–water partition coefficient (Wildman–Crippen LogP) is 2.42. The molecule has 10 nitrogen and oxygen atoms in total. The van der Waals surface area contributed by atoms with E-state index in [1.165, 1.54) is 0 Å². The summed E-state index contributed by atoms with van der Waals surface area (Å²) in [5.74, 6) is 2.49. The minimum absolute atomic E-state index is 0.0682. The zero-order valence-corrected chi connectivity index (χ0v) is 19.5. The van der Waals surface area contributed by atoms with Crippen molar-refractivity contribution in [1.29, 1.82) is 0 Å². The summed E-state index contributed by atoms with van der Waals surface area (Å²) in [6, 6.07) is 3.86. The summed E-state index contributed by atoms with van der Waals surface area (Å²) < 4.78 is 16.0. The number of alkyl halides is 1. The molecule has 5 rings (SSSR count). The number of aromatic nitrogens is 5. The van der Waals surface area contributed by atoms with Gasteiger partial charge in [-0.15, -0.1) is 0 Å². The second-order valence-electron chi connectivity index (χ2n) is 9.35. The Morgan fingerprint density at radius 1 is 1.06 bits per heavy atom. The summed E-state index contributed by atoms with van der Waals surface area (Å²) in [4.78, 5) is 17.4. The van der Waals surface area contributed by atoms with Gasteiger partial charge in [-0.2, -0.15) is 10.1 Å². The van der Waals surface area contributed by atoms with Crippen LogP contribution >= 0.6 is 0 Å². The van der Waals surface area contributed by atoms with Crippen LogP contribution in [-0.2, 0) is 0 Å². The molecule has 2 unspecified atom stereocenters. The quantitative estimate of drug-likeness (QED) is 0.517. The Morgan fingerprint density at radius 2 is 1.82 bits per heavy atom. The van der Waals surface area contributed by atoms with Gasteiger partial charge in [0.1, 0.15) is 17.8 Å². The zero-order chi connectivity index (χ0) is 23.8. The van der Waals surface area contributed by atoms with E-state index in [0.717, 1.165) is 42.7 Å². The van der Waals surface area contributed by atoms with Crippen LogP contribution < -0.4 is 15.1 Å². The van der Waals surface area contributed by atoms with Crippen LogP contribution in [0.1, 0.15) is 39.2 Å². The van der Waals surface area contributed by atoms with Crippen LogP contribution in [0.4, 0.5) is 27.8 Å². The van der Waals surface area contributed by atoms with E-state index < -0.39 is 12.3 Å². The smallest absolute Gasteiger partial charge is 0.227 e. The minimum atomic E-state index is -1.31. The van der Waals surface area contributed by atoms with Crippen molar-refractivity contribution in [3.8, 4) is 0 Å². The number of piperidine rings is 2.